The Kier molecular flexibility index (Phi) is 5.63. The summed E-state index contributed by atoms with van der Waals surface area (Å²) in [7, 11) is 0. The molecular weight excluding hydrogens is 266 g/mol. The number of hydrogen-bond donors (Lipinski definition) is 2. The first-order valence-electron chi connectivity index (χ1n) is 8.33. The Bertz CT molecular complexity index is 351. The standard InChI is InChI=1S/C16H31N3O2/c1-15(2)13-19(10-11-21-15)16(7-4-3-5-8-16)12-18-14(20)6-9-17/h3-13,17H2,1-2H3,(H,18,20). The maximum Gasteiger partial charge on any atom is 0.221 e. The Labute approximate surface area is 128 Å². The molecule has 0 aromatic heterocycles. The van der Waals surface area contributed by atoms with E-state index in [-0.39, 0.29) is 17.0 Å². The smallest absolute Gasteiger partial charge is 0.221 e. The number of rotatable bonds is 5. The largest absolute Gasteiger partial charge is 0.373 e. The van der Waals surface area contributed by atoms with Crippen LogP contribution < -0.4 is 11.1 Å². The van der Waals surface area contributed by atoms with Crippen molar-refractivity contribution in [2.75, 3.05) is 32.8 Å². The lowest BCUT2D eigenvalue weighted by atomic mass is 9.79. The maximum absolute atomic E-state index is 11.8. The minimum Gasteiger partial charge on any atom is -0.373 e. The highest BCUT2D eigenvalue weighted by atomic mass is 16.5. The van der Waals surface area contributed by atoms with E-state index in [9.17, 15) is 4.79 Å². The summed E-state index contributed by atoms with van der Waals surface area (Å²) >= 11 is 0. The first-order valence-corrected chi connectivity index (χ1v) is 8.33. The van der Waals surface area contributed by atoms with E-state index < -0.39 is 0 Å². The van der Waals surface area contributed by atoms with Crippen LogP contribution in [0.1, 0.15) is 52.4 Å². The van der Waals surface area contributed by atoms with E-state index in [1.165, 1.54) is 32.1 Å². The molecule has 0 bridgehead atoms. The molecule has 5 heteroatoms. The molecule has 3 N–H and O–H groups in total. The minimum atomic E-state index is -0.0933. The van der Waals surface area contributed by atoms with Crippen molar-refractivity contribution in [2.45, 2.75) is 63.5 Å². The van der Waals surface area contributed by atoms with Crippen molar-refractivity contribution < 1.29 is 9.53 Å². The number of nitrogens with two attached hydrogens (primary N) is 1. The van der Waals surface area contributed by atoms with Crippen LogP contribution in [0.4, 0.5) is 0 Å². The SMILES string of the molecule is CC1(C)CN(C2(CNC(=O)CCN)CCCCC2)CCO1. The zero-order valence-corrected chi connectivity index (χ0v) is 13.6. The van der Waals surface area contributed by atoms with Crippen molar-refractivity contribution in [1.82, 2.24) is 10.2 Å². The zero-order chi connectivity index (χ0) is 15.3. The van der Waals surface area contributed by atoms with Crippen molar-refractivity contribution in [1.29, 1.82) is 0 Å². The van der Waals surface area contributed by atoms with Gasteiger partial charge in [-0.05, 0) is 26.7 Å². The Hall–Kier alpha value is -0.650. The van der Waals surface area contributed by atoms with Gasteiger partial charge in [-0.3, -0.25) is 9.69 Å². The molecule has 2 rings (SSSR count). The van der Waals surface area contributed by atoms with Crippen molar-refractivity contribution >= 4 is 5.91 Å². The van der Waals surface area contributed by atoms with Crippen LogP contribution in [0, 0.1) is 0 Å². The summed E-state index contributed by atoms with van der Waals surface area (Å²) in [5.41, 5.74) is 5.48. The van der Waals surface area contributed by atoms with Crippen LogP contribution >= 0.6 is 0 Å². The molecular formula is C16H31N3O2. The van der Waals surface area contributed by atoms with Gasteiger partial charge in [0.1, 0.15) is 0 Å². The molecule has 21 heavy (non-hydrogen) atoms. The molecule has 0 aromatic rings. The zero-order valence-electron chi connectivity index (χ0n) is 13.6. The fourth-order valence-corrected chi connectivity index (χ4v) is 3.72. The Balaban J connectivity index is 2.03. The molecule has 0 unspecified atom stereocenters. The quantitative estimate of drug-likeness (QED) is 0.802. The molecule has 1 aliphatic carbocycles. The normalized spacial score (nSPS) is 25.5. The second-order valence-corrected chi connectivity index (χ2v) is 7.13. The molecule has 5 nitrogen and oxygen atoms in total. The molecule has 0 atom stereocenters. The fourth-order valence-electron chi connectivity index (χ4n) is 3.72. The summed E-state index contributed by atoms with van der Waals surface area (Å²) in [6.07, 6.45) is 6.59. The number of nitrogens with zero attached hydrogens (tertiary/aromatic N) is 1. The summed E-state index contributed by atoms with van der Waals surface area (Å²) < 4.78 is 5.85. The number of hydrogen-bond acceptors (Lipinski definition) is 4. The van der Waals surface area contributed by atoms with Crippen molar-refractivity contribution in [3.8, 4) is 0 Å². The Morgan fingerprint density at radius 2 is 2.00 bits per heavy atom. The summed E-state index contributed by atoms with van der Waals surface area (Å²) in [4.78, 5) is 14.4. The first-order chi connectivity index (χ1) is 9.97. The van der Waals surface area contributed by atoms with Gasteiger partial charge in [-0.1, -0.05) is 19.3 Å². The highest BCUT2D eigenvalue weighted by Crippen LogP contribution is 2.35. The highest BCUT2D eigenvalue weighted by molar-refractivity contribution is 5.76. The lowest BCUT2D eigenvalue weighted by Crippen LogP contribution is -2.63. The number of carbonyl (C=O) groups excluding carboxylic acids is 1. The summed E-state index contributed by atoms with van der Waals surface area (Å²) in [6.45, 7) is 8.18. The first kappa shape index (κ1) is 16.7. The van der Waals surface area contributed by atoms with Crippen molar-refractivity contribution in [3.05, 3.63) is 0 Å². The van der Waals surface area contributed by atoms with Gasteiger partial charge in [-0.2, -0.15) is 0 Å². The third-order valence-electron chi connectivity index (χ3n) is 4.87. The van der Waals surface area contributed by atoms with Gasteiger partial charge in [0.05, 0.1) is 12.2 Å². The van der Waals surface area contributed by atoms with E-state index in [1.807, 2.05) is 0 Å². The molecule has 1 saturated carbocycles. The lowest BCUT2D eigenvalue weighted by Gasteiger charge is -2.51. The fraction of sp³-hybridized carbons (Fsp3) is 0.938. The molecule has 0 radical (unpaired) electrons. The Morgan fingerprint density at radius 1 is 1.29 bits per heavy atom. The molecule has 1 heterocycles. The van der Waals surface area contributed by atoms with Gasteiger partial charge < -0.3 is 15.8 Å². The van der Waals surface area contributed by atoms with Gasteiger partial charge in [-0.25, -0.2) is 0 Å². The van der Waals surface area contributed by atoms with Crippen LogP contribution in [-0.4, -0.2) is 54.7 Å². The topological polar surface area (TPSA) is 67.6 Å². The lowest BCUT2D eigenvalue weighted by molar-refractivity contribution is -0.129. The van der Waals surface area contributed by atoms with E-state index in [2.05, 4.69) is 24.1 Å². The number of nitrogens with one attached hydrogen (secondary N) is 1. The minimum absolute atomic E-state index is 0.0787. The third kappa shape index (κ3) is 4.41. The third-order valence-corrected chi connectivity index (χ3v) is 4.87. The molecule has 122 valence electrons. The van der Waals surface area contributed by atoms with Crippen LogP contribution in [0.2, 0.25) is 0 Å². The van der Waals surface area contributed by atoms with Gasteiger partial charge in [-0.15, -0.1) is 0 Å². The van der Waals surface area contributed by atoms with Gasteiger partial charge >= 0.3 is 0 Å². The average Bonchev–Trinajstić information content (AvgIpc) is 2.45. The van der Waals surface area contributed by atoms with E-state index >= 15 is 0 Å². The molecule has 2 aliphatic rings. The molecule has 2 fully saturated rings. The number of morpholine rings is 1. The number of ether oxygens (including phenoxy) is 1. The van der Waals surface area contributed by atoms with Gasteiger partial charge in [0.2, 0.25) is 5.91 Å². The van der Waals surface area contributed by atoms with E-state index in [0.717, 1.165) is 26.2 Å². The van der Waals surface area contributed by atoms with Gasteiger partial charge in [0.15, 0.2) is 0 Å². The van der Waals surface area contributed by atoms with E-state index in [1.54, 1.807) is 0 Å². The predicted molar refractivity (Wildman–Crippen MR) is 84.1 cm³/mol. The molecule has 1 saturated heterocycles. The predicted octanol–water partition coefficient (Wildman–Crippen LogP) is 1.27. The highest BCUT2D eigenvalue weighted by Gasteiger charge is 2.42. The van der Waals surface area contributed by atoms with Crippen LogP contribution in [0.25, 0.3) is 0 Å². The van der Waals surface area contributed by atoms with Gasteiger partial charge in [0, 0.05) is 38.1 Å². The van der Waals surface area contributed by atoms with Crippen molar-refractivity contribution in [2.24, 2.45) is 5.73 Å². The maximum atomic E-state index is 11.8. The summed E-state index contributed by atoms with van der Waals surface area (Å²) in [5, 5.41) is 3.12. The van der Waals surface area contributed by atoms with E-state index in [0.29, 0.717) is 13.0 Å². The average molecular weight is 297 g/mol. The number of carbonyl (C=O) groups is 1. The molecule has 1 aliphatic heterocycles. The second kappa shape index (κ2) is 7.07. The number of amides is 1. The van der Waals surface area contributed by atoms with E-state index in [4.69, 9.17) is 10.5 Å². The molecule has 1 amide bonds. The Morgan fingerprint density at radius 3 is 2.62 bits per heavy atom. The van der Waals surface area contributed by atoms with Crippen LogP contribution in [-0.2, 0) is 9.53 Å². The van der Waals surface area contributed by atoms with Crippen LogP contribution in [0.15, 0.2) is 0 Å². The van der Waals surface area contributed by atoms with Gasteiger partial charge in [0.25, 0.3) is 0 Å². The van der Waals surface area contributed by atoms with Crippen molar-refractivity contribution in [3.63, 3.8) is 0 Å². The summed E-state index contributed by atoms with van der Waals surface area (Å²) in [6, 6.07) is 0. The van der Waals surface area contributed by atoms with Crippen LogP contribution in [0.3, 0.4) is 0 Å². The van der Waals surface area contributed by atoms with Crippen LogP contribution in [0.5, 0.6) is 0 Å². The molecule has 0 aromatic carbocycles. The summed E-state index contributed by atoms with van der Waals surface area (Å²) in [5.74, 6) is 0.0787. The monoisotopic (exact) mass is 297 g/mol. The second-order valence-electron chi connectivity index (χ2n) is 7.13. The molecule has 0 spiro atoms.